The van der Waals surface area contributed by atoms with Gasteiger partial charge in [0, 0.05) is 25.7 Å². The molecule has 148 valence electrons. The van der Waals surface area contributed by atoms with E-state index < -0.39 is 47.8 Å². The molecular weight excluding hydrogens is 376 g/mol. The van der Waals surface area contributed by atoms with E-state index >= 15 is 0 Å². The summed E-state index contributed by atoms with van der Waals surface area (Å²) in [5.41, 5.74) is -0.793. The zero-order chi connectivity index (χ0) is 20.0. The van der Waals surface area contributed by atoms with E-state index in [4.69, 9.17) is 18.9 Å². The number of thioether (sulfide) groups is 1. The molecule has 5 atom stereocenters. The van der Waals surface area contributed by atoms with Crippen molar-refractivity contribution in [2.24, 2.45) is 0 Å². The van der Waals surface area contributed by atoms with Crippen LogP contribution in [-0.2, 0) is 33.3 Å². The molecule has 1 heterocycles. The highest BCUT2D eigenvalue weighted by Gasteiger charge is 2.49. The summed E-state index contributed by atoms with van der Waals surface area (Å²) >= 11 is 1.24. The Balaban J connectivity index is 2.27. The highest BCUT2D eigenvalue weighted by atomic mass is 32.2. The first kappa shape index (κ1) is 21.2. The van der Waals surface area contributed by atoms with Crippen LogP contribution in [0, 0.1) is 0 Å². The summed E-state index contributed by atoms with van der Waals surface area (Å²) in [7, 11) is 0. The molecule has 2 rings (SSSR count). The Morgan fingerprint density at radius 2 is 1.59 bits per heavy atom. The lowest BCUT2D eigenvalue weighted by molar-refractivity contribution is -0.229. The van der Waals surface area contributed by atoms with Crippen LogP contribution in [0.2, 0.25) is 0 Å². The minimum absolute atomic E-state index is 0.219. The summed E-state index contributed by atoms with van der Waals surface area (Å²) in [5.74, 6) is -1.79. The molecule has 0 aromatic heterocycles. The minimum atomic E-state index is -1.35. The number of aliphatic hydroxyl groups excluding tert-OH is 1. The predicted octanol–water partition coefficient (Wildman–Crippen LogP) is 1.29. The Hall–Kier alpha value is -2.10. The summed E-state index contributed by atoms with van der Waals surface area (Å²) in [6.45, 7) is 3.41. The van der Waals surface area contributed by atoms with Crippen LogP contribution in [0.25, 0.3) is 0 Å². The molecule has 1 saturated heterocycles. The minimum Gasteiger partial charge on any atom is -0.463 e. The fourth-order valence-electron chi connectivity index (χ4n) is 2.61. The second-order valence-electron chi connectivity index (χ2n) is 5.92. The van der Waals surface area contributed by atoms with Gasteiger partial charge in [0.2, 0.25) is 0 Å². The van der Waals surface area contributed by atoms with Crippen LogP contribution in [0.15, 0.2) is 35.2 Å². The first-order valence-corrected chi connectivity index (χ1v) is 9.19. The summed E-state index contributed by atoms with van der Waals surface area (Å²) in [4.78, 5) is 34.9. The maximum Gasteiger partial charge on any atom is 0.303 e. The topological polar surface area (TPSA) is 108 Å². The fourth-order valence-corrected chi connectivity index (χ4v) is 3.74. The number of benzene rings is 1. The summed E-state index contributed by atoms with van der Waals surface area (Å²) in [5, 5.41) is 10.7. The van der Waals surface area contributed by atoms with Gasteiger partial charge in [-0.05, 0) is 12.1 Å². The number of hydrogen-bond donors (Lipinski definition) is 1. The van der Waals surface area contributed by atoms with Gasteiger partial charge in [-0.1, -0.05) is 30.0 Å². The third kappa shape index (κ3) is 6.23. The molecule has 1 fully saturated rings. The molecule has 1 N–H and O–H groups in total. The highest BCUT2D eigenvalue weighted by Crippen LogP contribution is 2.36. The zero-order valence-corrected chi connectivity index (χ0v) is 16.0. The van der Waals surface area contributed by atoms with E-state index in [1.165, 1.54) is 32.5 Å². The molecule has 1 aromatic carbocycles. The van der Waals surface area contributed by atoms with Crippen molar-refractivity contribution in [2.75, 3.05) is 6.61 Å². The van der Waals surface area contributed by atoms with E-state index in [-0.39, 0.29) is 6.61 Å². The molecule has 0 bridgehead atoms. The van der Waals surface area contributed by atoms with Gasteiger partial charge in [0.25, 0.3) is 0 Å². The summed E-state index contributed by atoms with van der Waals surface area (Å²) in [6, 6.07) is 9.19. The molecule has 9 heteroatoms. The number of ether oxygens (including phenoxy) is 4. The molecule has 8 nitrogen and oxygen atoms in total. The number of aliphatic hydroxyl groups is 1. The van der Waals surface area contributed by atoms with Crippen molar-refractivity contribution >= 4 is 29.7 Å². The predicted molar refractivity (Wildman–Crippen MR) is 94.7 cm³/mol. The smallest absolute Gasteiger partial charge is 0.303 e. The molecule has 0 amide bonds. The van der Waals surface area contributed by atoms with Crippen molar-refractivity contribution in [3.63, 3.8) is 0 Å². The van der Waals surface area contributed by atoms with Crippen LogP contribution >= 0.6 is 11.8 Å². The van der Waals surface area contributed by atoms with Crippen molar-refractivity contribution < 1.29 is 38.4 Å². The fraction of sp³-hybridized carbons (Fsp3) is 0.500. The highest BCUT2D eigenvalue weighted by molar-refractivity contribution is 7.99. The standard InChI is InChI=1S/C18H22O8S/c1-10(19)23-9-14-16(24-11(2)20)15(22)17(25-12(3)21)18(26-14)27-13-7-5-4-6-8-13/h4-8,14-18,22H,9H2,1-3H3. The number of carbonyl (C=O) groups is 3. The first-order valence-electron chi connectivity index (χ1n) is 8.31. The van der Waals surface area contributed by atoms with Crippen molar-refractivity contribution in [2.45, 2.75) is 55.5 Å². The molecule has 0 spiro atoms. The van der Waals surface area contributed by atoms with Crippen LogP contribution in [0.1, 0.15) is 20.8 Å². The second-order valence-corrected chi connectivity index (χ2v) is 7.09. The third-order valence-corrected chi connectivity index (χ3v) is 4.82. The Kier molecular flexibility index (Phi) is 7.64. The molecule has 0 saturated carbocycles. The maximum absolute atomic E-state index is 11.5. The molecular formula is C18H22O8S. The van der Waals surface area contributed by atoms with Crippen molar-refractivity contribution in [3.05, 3.63) is 30.3 Å². The number of carbonyl (C=O) groups excluding carboxylic acids is 3. The first-order chi connectivity index (χ1) is 12.8. The van der Waals surface area contributed by atoms with Gasteiger partial charge < -0.3 is 24.1 Å². The van der Waals surface area contributed by atoms with Crippen LogP contribution in [0.4, 0.5) is 0 Å². The lowest BCUT2D eigenvalue weighted by Gasteiger charge is -2.42. The summed E-state index contributed by atoms with van der Waals surface area (Å²) in [6.07, 6.45) is -4.50. The molecule has 0 radical (unpaired) electrons. The number of rotatable bonds is 6. The van der Waals surface area contributed by atoms with E-state index in [1.54, 1.807) is 0 Å². The van der Waals surface area contributed by atoms with Crippen molar-refractivity contribution in [3.8, 4) is 0 Å². The van der Waals surface area contributed by atoms with Gasteiger partial charge in [-0.15, -0.1) is 0 Å². The third-order valence-electron chi connectivity index (χ3n) is 3.67. The average Bonchev–Trinajstić information content (AvgIpc) is 2.59. The largest absolute Gasteiger partial charge is 0.463 e. The van der Waals surface area contributed by atoms with E-state index in [9.17, 15) is 19.5 Å². The zero-order valence-electron chi connectivity index (χ0n) is 15.2. The van der Waals surface area contributed by atoms with Gasteiger partial charge in [0.1, 0.15) is 24.3 Å². The number of hydrogen-bond acceptors (Lipinski definition) is 9. The van der Waals surface area contributed by atoms with Crippen LogP contribution in [0.3, 0.4) is 0 Å². The van der Waals surface area contributed by atoms with Crippen LogP contribution in [-0.4, -0.2) is 59.5 Å². The Morgan fingerprint density at radius 1 is 1.00 bits per heavy atom. The van der Waals surface area contributed by atoms with E-state index in [2.05, 4.69) is 0 Å². The van der Waals surface area contributed by atoms with Crippen LogP contribution in [0.5, 0.6) is 0 Å². The molecule has 1 aliphatic heterocycles. The van der Waals surface area contributed by atoms with Gasteiger partial charge in [-0.25, -0.2) is 0 Å². The average molecular weight is 398 g/mol. The maximum atomic E-state index is 11.5. The van der Waals surface area contributed by atoms with Gasteiger partial charge in [0.05, 0.1) is 0 Å². The van der Waals surface area contributed by atoms with Crippen molar-refractivity contribution in [1.82, 2.24) is 0 Å². The Labute approximate surface area is 161 Å². The molecule has 1 aliphatic rings. The van der Waals surface area contributed by atoms with Gasteiger partial charge in [0.15, 0.2) is 12.2 Å². The van der Waals surface area contributed by atoms with E-state index in [0.717, 1.165) is 4.90 Å². The summed E-state index contributed by atoms with van der Waals surface area (Å²) < 4.78 is 21.3. The Bertz CT molecular complexity index is 663. The molecule has 27 heavy (non-hydrogen) atoms. The SMILES string of the molecule is CC(=O)OCC1OC(Sc2ccccc2)C(OC(C)=O)C(O)C1OC(C)=O. The van der Waals surface area contributed by atoms with E-state index in [1.807, 2.05) is 30.3 Å². The molecule has 1 aromatic rings. The van der Waals surface area contributed by atoms with Gasteiger partial charge in [-0.2, -0.15) is 0 Å². The quantitative estimate of drug-likeness (QED) is 0.560. The van der Waals surface area contributed by atoms with E-state index in [0.29, 0.717) is 0 Å². The van der Waals surface area contributed by atoms with Gasteiger partial charge >= 0.3 is 17.9 Å². The number of esters is 3. The monoisotopic (exact) mass is 398 g/mol. The van der Waals surface area contributed by atoms with Crippen molar-refractivity contribution in [1.29, 1.82) is 0 Å². The normalized spacial score (nSPS) is 27.5. The van der Waals surface area contributed by atoms with Gasteiger partial charge in [-0.3, -0.25) is 14.4 Å². The second kappa shape index (κ2) is 9.72. The Morgan fingerprint density at radius 3 is 2.15 bits per heavy atom. The lowest BCUT2D eigenvalue weighted by Crippen LogP contribution is -2.60. The molecule has 5 unspecified atom stereocenters. The lowest BCUT2D eigenvalue weighted by atomic mass is 9.99. The molecule has 0 aliphatic carbocycles. The van der Waals surface area contributed by atoms with Crippen LogP contribution < -0.4 is 0 Å².